The maximum Gasteiger partial charge on any atom is 0.0629 e. The van der Waals surface area contributed by atoms with Crippen LogP contribution in [0.1, 0.15) is 41.9 Å². The van der Waals surface area contributed by atoms with Crippen LogP contribution in [0.25, 0.3) is 0 Å². The maximum absolute atomic E-state index is 4.51. The molecule has 0 aromatic carbocycles. The van der Waals surface area contributed by atoms with E-state index in [1.807, 2.05) is 29.7 Å². The SMILES string of the molecule is CCCNC(Cc1c(C)nn(C)c1C)c1cnn(C)c1. The van der Waals surface area contributed by atoms with Crippen LogP contribution in [0, 0.1) is 13.8 Å². The molecule has 0 spiro atoms. The highest BCUT2D eigenvalue weighted by Gasteiger charge is 2.18. The van der Waals surface area contributed by atoms with Crippen LogP contribution in [-0.4, -0.2) is 26.1 Å². The standard InChI is InChI=1S/C15H25N5/c1-6-7-16-15(13-9-17-19(4)10-13)8-14-11(2)18-20(5)12(14)3/h9-10,15-16H,6-8H2,1-5H3. The van der Waals surface area contributed by atoms with E-state index in [4.69, 9.17) is 0 Å². The van der Waals surface area contributed by atoms with Gasteiger partial charge in [-0.25, -0.2) is 0 Å². The molecule has 0 aliphatic rings. The third kappa shape index (κ3) is 3.10. The van der Waals surface area contributed by atoms with Crippen molar-refractivity contribution in [3.63, 3.8) is 0 Å². The van der Waals surface area contributed by atoms with Gasteiger partial charge < -0.3 is 5.32 Å². The first-order valence-corrected chi connectivity index (χ1v) is 7.24. The van der Waals surface area contributed by atoms with Gasteiger partial charge in [0.05, 0.1) is 11.9 Å². The van der Waals surface area contributed by atoms with E-state index in [9.17, 15) is 0 Å². The summed E-state index contributed by atoms with van der Waals surface area (Å²) in [6.45, 7) is 7.42. The van der Waals surface area contributed by atoms with Crippen LogP contribution in [0.15, 0.2) is 12.4 Å². The summed E-state index contributed by atoms with van der Waals surface area (Å²) < 4.78 is 3.82. The topological polar surface area (TPSA) is 47.7 Å². The number of rotatable bonds is 6. The molecule has 1 unspecified atom stereocenters. The Bertz CT molecular complexity index is 567. The van der Waals surface area contributed by atoms with Crippen LogP contribution < -0.4 is 5.32 Å². The molecule has 1 atom stereocenters. The average molecular weight is 275 g/mol. The molecule has 110 valence electrons. The predicted molar refractivity (Wildman–Crippen MR) is 80.6 cm³/mol. The molecule has 0 radical (unpaired) electrons. The van der Waals surface area contributed by atoms with Gasteiger partial charge in [-0.2, -0.15) is 10.2 Å². The van der Waals surface area contributed by atoms with E-state index in [0.717, 1.165) is 25.1 Å². The molecular formula is C15H25N5. The lowest BCUT2D eigenvalue weighted by Gasteiger charge is -2.17. The number of nitrogens with one attached hydrogen (secondary N) is 1. The van der Waals surface area contributed by atoms with Gasteiger partial charge in [-0.1, -0.05) is 6.92 Å². The first-order chi connectivity index (χ1) is 9.52. The van der Waals surface area contributed by atoms with Gasteiger partial charge in [-0.15, -0.1) is 0 Å². The fourth-order valence-corrected chi connectivity index (χ4v) is 2.56. The Morgan fingerprint density at radius 2 is 2.05 bits per heavy atom. The minimum absolute atomic E-state index is 0.297. The fraction of sp³-hybridized carbons (Fsp3) is 0.600. The van der Waals surface area contributed by atoms with Crippen LogP contribution >= 0.6 is 0 Å². The Hall–Kier alpha value is -1.62. The van der Waals surface area contributed by atoms with Crippen molar-refractivity contribution in [2.24, 2.45) is 14.1 Å². The minimum atomic E-state index is 0.297. The summed E-state index contributed by atoms with van der Waals surface area (Å²) in [7, 11) is 3.96. The maximum atomic E-state index is 4.51. The second-order valence-corrected chi connectivity index (χ2v) is 5.43. The van der Waals surface area contributed by atoms with Crippen molar-refractivity contribution >= 4 is 0 Å². The summed E-state index contributed by atoms with van der Waals surface area (Å²) in [5.74, 6) is 0. The number of aryl methyl sites for hydroxylation is 3. The summed E-state index contributed by atoms with van der Waals surface area (Å²) in [6, 6.07) is 0.297. The molecule has 2 rings (SSSR count). The summed E-state index contributed by atoms with van der Waals surface area (Å²) >= 11 is 0. The molecule has 0 fully saturated rings. The third-order valence-electron chi connectivity index (χ3n) is 3.84. The highest BCUT2D eigenvalue weighted by atomic mass is 15.3. The summed E-state index contributed by atoms with van der Waals surface area (Å²) in [5, 5.41) is 12.4. The van der Waals surface area contributed by atoms with Gasteiger partial charge in [0.2, 0.25) is 0 Å². The normalized spacial score (nSPS) is 12.8. The molecule has 2 aromatic heterocycles. The van der Waals surface area contributed by atoms with E-state index < -0.39 is 0 Å². The van der Waals surface area contributed by atoms with Crippen LogP contribution in [0.5, 0.6) is 0 Å². The molecule has 2 aromatic rings. The Labute approximate surface area is 121 Å². The molecule has 0 aliphatic heterocycles. The summed E-state index contributed by atoms with van der Waals surface area (Å²) in [5.41, 5.74) is 4.94. The highest BCUT2D eigenvalue weighted by molar-refractivity contribution is 5.27. The molecule has 0 saturated heterocycles. The Morgan fingerprint density at radius 1 is 1.30 bits per heavy atom. The van der Waals surface area contributed by atoms with Gasteiger partial charge in [-0.05, 0) is 38.8 Å². The molecular weight excluding hydrogens is 250 g/mol. The number of aromatic nitrogens is 4. The number of nitrogens with zero attached hydrogens (tertiary/aromatic N) is 4. The van der Waals surface area contributed by atoms with E-state index >= 15 is 0 Å². The quantitative estimate of drug-likeness (QED) is 0.878. The Kier molecular flexibility index (Phi) is 4.60. The lowest BCUT2D eigenvalue weighted by atomic mass is 10.00. The van der Waals surface area contributed by atoms with E-state index in [1.54, 1.807) is 0 Å². The van der Waals surface area contributed by atoms with E-state index in [1.165, 1.54) is 16.8 Å². The van der Waals surface area contributed by atoms with Crippen molar-refractivity contribution in [1.82, 2.24) is 24.9 Å². The monoisotopic (exact) mass is 275 g/mol. The smallest absolute Gasteiger partial charge is 0.0629 e. The van der Waals surface area contributed by atoms with Crippen molar-refractivity contribution in [2.75, 3.05) is 6.54 Å². The first kappa shape index (κ1) is 14.8. The molecule has 2 heterocycles. The molecule has 5 nitrogen and oxygen atoms in total. The predicted octanol–water partition coefficient (Wildman–Crippen LogP) is 2.05. The van der Waals surface area contributed by atoms with E-state index in [0.29, 0.717) is 6.04 Å². The molecule has 0 saturated carbocycles. The second-order valence-electron chi connectivity index (χ2n) is 5.43. The summed E-state index contributed by atoms with van der Waals surface area (Å²) in [6.07, 6.45) is 6.13. The Morgan fingerprint density at radius 3 is 2.55 bits per heavy atom. The van der Waals surface area contributed by atoms with Gasteiger partial charge in [-0.3, -0.25) is 9.36 Å². The van der Waals surface area contributed by atoms with Gasteiger partial charge >= 0.3 is 0 Å². The first-order valence-electron chi connectivity index (χ1n) is 7.24. The molecule has 5 heteroatoms. The van der Waals surface area contributed by atoms with Crippen molar-refractivity contribution < 1.29 is 0 Å². The lowest BCUT2D eigenvalue weighted by molar-refractivity contribution is 0.527. The molecule has 0 amide bonds. The van der Waals surface area contributed by atoms with Crippen molar-refractivity contribution in [3.05, 3.63) is 34.9 Å². The van der Waals surface area contributed by atoms with Gasteiger partial charge in [0.1, 0.15) is 0 Å². The summed E-state index contributed by atoms with van der Waals surface area (Å²) in [4.78, 5) is 0. The zero-order valence-corrected chi connectivity index (χ0v) is 13.1. The second kappa shape index (κ2) is 6.22. The van der Waals surface area contributed by atoms with Crippen LogP contribution in [0.2, 0.25) is 0 Å². The largest absolute Gasteiger partial charge is 0.310 e. The fourth-order valence-electron chi connectivity index (χ4n) is 2.56. The molecule has 0 aliphatic carbocycles. The van der Waals surface area contributed by atoms with Crippen molar-refractivity contribution in [2.45, 2.75) is 39.7 Å². The zero-order valence-electron chi connectivity index (χ0n) is 13.1. The Balaban J connectivity index is 2.23. The molecule has 1 N–H and O–H groups in total. The van der Waals surface area contributed by atoms with Crippen LogP contribution in [0.3, 0.4) is 0 Å². The van der Waals surface area contributed by atoms with Gasteiger partial charge in [0.25, 0.3) is 0 Å². The van der Waals surface area contributed by atoms with Crippen LogP contribution in [-0.2, 0) is 20.5 Å². The molecule has 0 bridgehead atoms. The molecule has 20 heavy (non-hydrogen) atoms. The van der Waals surface area contributed by atoms with Gasteiger partial charge in [0.15, 0.2) is 0 Å². The highest BCUT2D eigenvalue weighted by Crippen LogP contribution is 2.22. The van der Waals surface area contributed by atoms with Crippen LogP contribution in [0.4, 0.5) is 0 Å². The number of hydrogen-bond donors (Lipinski definition) is 1. The van der Waals surface area contributed by atoms with E-state index in [2.05, 4.69) is 42.5 Å². The third-order valence-corrected chi connectivity index (χ3v) is 3.84. The van der Waals surface area contributed by atoms with Crippen molar-refractivity contribution in [1.29, 1.82) is 0 Å². The lowest BCUT2D eigenvalue weighted by Crippen LogP contribution is -2.24. The van der Waals surface area contributed by atoms with Crippen molar-refractivity contribution in [3.8, 4) is 0 Å². The average Bonchev–Trinajstić information content (AvgIpc) is 2.93. The van der Waals surface area contributed by atoms with E-state index in [-0.39, 0.29) is 0 Å². The zero-order chi connectivity index (χ0) is 14.7. The van der Waals surface area contributed by atoms with Gasteiger partial charge in [0, 0.05) is 37.6 Å². The number of hydrogen-bond acceptors (Lipinski definition) is 3. The minimum Gasteiger partial charge on any atom is -0.310 e.